The second-order valence-corrected chi connectivity index (χ2v) is 4.29. The second-order valence-electron chi connectivity index (χ2n) is 4.02. The SMILES string of the molecule is CC1(c2cnc(CCl)o2)CCCC1. The van der Waals surface area contributed by atoms with Gasteiger partial charge in [-0.1, -0.05) is 19.8 Å². The smallest absolute Gasteiger partial charge is 0.209 e. The van der Waals surface area contributed by atoms with E-state index in [1.807, 2.05) is 6.20 Å². The lowest BCUT2D eigenvalue weighted by molar-refractivity contribution is 0.353. The van der Waals surface area contributed by atoms with Gasteiger partial charge in [-0.25, -0.2) is 4.98 Å². The largest absolute Gasteiger partial charge is 0.444 e. The number of hydrogen-bond acceptors (Lipinski definition) is 2. The molecule has 0 amide bonds. The molecule has 0 N–H and O–H groups in total. The Balaban J connectivity index is 2.23. The van der Waals surface area contributed by atoms with Crippen molar-refractivity contribution in [2.24, 2.45) is 0 Å². The van der Waals surface area contributed by atoms with Gasteiger partial charge in [0, 0.05) is 5.41 Å². The molecule has 0 spiro atoms. The normalized spacial score (nSPS) is 20.8. The first-order valence-corrected chi connectivity index (χ1v) is 5.29. The van der Waals surface area contributed by atoms with E-state index < -0.39 is 0 Å². The Morgan fingerprint density at radius 1 is 1.54 bits per heavy atom. The lowest BCUT2D eigenvalue weighted by Crippen LogP contribution is -2.15. The van der Waals surface area contributed by atoms with Crippen LogP contribution in [0.3, 0.4) is 0 Å². The van der Waals surface area contributed by atoms with E-state index >= 15 is 0 Å². The quantitative estimate of drug-likeness (QED) is 0.684. The van der Waals surface area contributed by atoms with Gasteiger partial charge >= 0.3 is 0 Å². The van der Waals surface area contributed by atoms with Gasteiger partial charge in [-0.2, -0.15) is 0 Å². The average molecular weight is 200 g/mol. The first kappa shape index (κ1) is 9.07. The molecule has 13 heavy (non-hydrogen) atoms. The Bertz CT molecular complexity index is 289. The zero-order chi connectivity index (χ0) is 9.31. The molecule has 1 fully saturated rings. The molecule has 1 aromatic heterocycles. The molecule has 0 aliphatic heterocycles. The van der Waals surface area contributed by atoms with Crippen molar-refractivity contribution in [1.82, 2.24) is 4.98 Å². The van der Waals surface area contributed by atoms with Crippen LogP contribution in [0.25, 0.3) is 0 Å². The minimum absolute atomic E-state index is 0.220. The maximum Gasteiger partial charge on any atom is 0.209 e. The van der Waals surface area contributed by atoms with Crippen molar-refractivity contribution < 1.29 is 4.42 Å². The van der Waals surface area contributed by atoms with Crippen LogP contribution in [0, 0.1) is 0 Å². The molecule has 0 radical (unpaired) electrons. The van der Waals surface area contributed by atoms with Crippen molar-refractivity contribution in [3.8, 4) is 0 Å². The molecule has 3 heteroatoms. The van der Waals surface area contributed by atoms with E-state index in [2.05, 4.69) is 11.9 Å². The first-order valence-electron chi connectivity index (χ1n) is 4.76. The van der Waals surface area contributed by atoms with Gasteiger partial charge in [-0.15, -0.1) is 11.6 Å². The highest BCUT2D eigenvalue weighted by molar-refractivity contribution is 6.16. The summed E-state index contributed by atoms with van der Waals surface area (Å²) in [6.07, 6.45) is 6.86. The molecule has 0 bridgehead atoms. The molecule has 2 rings (SSSR count). The summed E-state index contributed by atoms with van der Waals surface area (Å²) in [6.45, 7) is 2.25. The van der Waals surface area contributed by atoms with Crippen molar-refractivity contribution >= 4 is 11.6 Å². The summed E-state index contributed by atoms with van der Waals surface area (Å²) < 4.78 is 5.58. The van der Waals surface area contributed by atoms with E-state index in [-0.39, 0.29) is 5.41 Å². The predicted octanol–water partition coefficient (Wildman–Crippen LogP) is 3.25. The van der Waals surface area contributed by atoms with Crippen molar-refractivity contribution in [1.29, 1.82) is 0 Å². The number of oxazole rings is 1. The Morgan fingerprint density at radius 3 is 2.77 bits per heavy atom. The van der Waals surface area contributed by atoms with Crippen LogP contribution in [-0.4, -0.2) is 4.98 Å². The third-order valence-corrected chi connectivity index (χ3v) is 3.20. The summed E-state index contributed by atoms with van der Waals surface area (Å²) in [5, 5.41) is 0. The zero-order valence-electron chi connectivity index (χ0n) is 7.85. The summed E-state index contributed by atoms with van der Waals surface area (Å²) >= 11 is 5.64. The van der Waals surface area contributed by atoms with E-state index in [1.165, 1.54) is 25.7 Å². The van der Waals surface area contributed by atoms with Crippen molar-refractivity contribution in [2.45, 2.75) is 43.9 Å². The molecule has 1 aliphatic rings. The molecule has 0 atom stereocenters. The summed E-state index contributed by atoms with van der Waals surface area (Å²) in [7, 11) is 0. The summed E-state index contributed by atoms with van der Waals surface area (Å²) in [5.41, 5.74) is 0.220. The van der Waals surface area contributed by atoms with Crippen LogP contribution in [0.5, 0.6) is 0 Å². The van der Waals surface area contributed by atoms with Crippen molar-refractivity contribution in [3.05, 3.63) is 17.8 Å². The number of nitrogens with zero attached hydrogens (tertiary/aromatic N) is 1. The molecule has 1 heterocycles. The Kier molecular flexibility index (Phi) is 2.33. The molecule has 1 saturated carbocycles. The number of aromatic nitrogens is 1. The van der Waals surface area contributed by atoms with Gasteiger partial charge in [0.15, 0.2) is 0 Å². The highest BCUT2D eigenvalue weighted by Crippen LogP contribution is 2.40. The van der Waals surface area contributed by atoms with Crippen LogP contribution in [0.1, 0.15) is 44.3 Å². The lowest BCUT2D eigenvalue weighted by Gasteiger charge is -2.19. The van der Waals surface area contributed by atoms with E-state index in [0.717, 1.165) is 5.76 Å². The highest BCUT2D eigenvalue weighted by atomic mass is 35.5. The fourth-order valence-electron chi connectivity index (χ4n) is 2.05. The minimum Gasteiger partial charge on any atom is -0.444 e. The first-order chi connectivity index (χ1) is 6.24. The van der Waals surface area contributed by atoms with Crippen LogP contribution in [0.15, 0.2) is 10.6 Å². The fraction of sp³-hybridized carbons (Fsp3) is 0.700. The van der Waals surface area contributed by atoms with E-state index in [9.17, 15) is 0 Å². The topological polar surface area (TPSA) is 26.0 Å². The van der Waals surface area contributed by atoms with Gasteiger partial charge in [-0.05, 0) is 12.8 Å². The average Bonchev–Trinajstić information content (AvgIpc) is 2.72. The Hall–Kier alpha value is -0.500. The summed E-state index contributed by atoms with van der Waals surface area (Å²) in [5.74, 6) is 2.03. The maximum absolute atomic E-state index is 5.64. The van der Waals surface area contributed by atoms with Gasteiger partial charge < -0.3 is 4.42 Å². The number of hydrogen-bond donors (Lipinski definition) is 0. The molecule has 0 unspecified atom stereocenters. The van der Waals surface area contributed by atoms with Crippen LogP contribution in [0.2, 0.25) is 0 Å². The van der Waals surface area contributed by atoms with E-state index in [0.29, 0.717) is 11.8 Å². The van der Waals surface area contributed by atoms with Gasteiger partial charge in [0.05, 0.1) is 12.1 Å². The van der Waals surface area contributed by atoms with Crippen molar-refractivity contribution in [3.63, 3.8) is 0 Å². The zero-order valence-corrected chi connectivity index (χ0v) is 8.60. The van der Waals surface area contributed by atoms with E-state index in [1.54, 1.807) is 0 Å². The van der Waals surface area contributed by atoms with Crippen LogP contribution in [-0.2, 0) is 11.3 Å². The molecular formula is C10H14ClNO. The molecule has 0 saturated heterocycles. The molecule has 1 aliphatic carbocycles. The van der Waals surface area contributed by atoms with Crippen LogP contribution < -0.4 is 0 Å². The number of rotatable bonds is 2. The standard InChI is InChI=1S/C10H14ClNO/c1-10(4-2-3-5-10)8-7-12-9(6-11)13-8/h7H,2-6H2,1H3. The molecule has 1 aromatic rings. The number of alkyl halides is 1. The lowest BCUT2D eigenvalue weighted by atomic mass is 9.87. The van der Waals surface area contributed by atoms with Gasteiger partial charge in [0.25, 0.3) is 0 Å². The third-order valence-electron chi connectivity index (χ3n) is 2.97. The Labute approximate surface area is 83.3 Å². The fourth-order valence-corrected chi connectivity index (χ4v) is 2.18. The molecular weight excluding hydrogens is 186 g/mol. The highest BCUT2D eigenvalue weighted by Gasteiger charge is 2.33. The Morgan fingerprint density at radius 2 is 2.23 bits per heavy atom. The summed E-state index contributed by atoms with van der Waals surface area (Å²) in [4.78, 5) is 4.13. The van der Waals surface area contributed by atoms with Gasteiger partial charge in [0.2, 0.25) is 5.89 Å². The molecule has 72 valence electrons. The van der Waals surface area contributed by atoms with E-state index in [4.69, 9.17) is 16.0 Å². The van der Waals surface area contributed by atoms with Gasteiger partial charge in [0.1, 0.15) is 5.76 Å². The monoisotopic (exact) mass is 199 g/mol. The summed E-state index contributed by atoms with van der Waals surface area (Å²) in [6, 6.07) is 0. The second kappa shape index (κ2) is 3.33. The molecule has 0 aromatic carbocycles. The van der Waals surface area contributed by atoms with Gasteiger partial charge in [-0.3, -0.25) is 0 Å². The van der Waals surface area contributed by atoms with Crippen LogP contribution in [0.4, 0.5) is 0 Å². The van der Waals surface area contributed by atoms with Crippen LogP contribution >= 0.6 is 11.6 Å². The maximum atomic E-state index is 5.64. The minimum atomic E-state index is 0.220. The van der Waals surface area contributed by atoms with Crippen molar-refractivity contribution in [2.75, 3.05) is 0 Å². The third kappa shape index (κ3) is 1.60. The predicted molar refractivity (Wildman–Crippen MR) is 51.9 cm³/mol. The molecule has 2 nitrogen and oxygen atoms in total. The number of halogens is 1.